The maximum absolute atomic E-state index is 11.8. The second-order valence-corrected chi connectivity index (χ2v) is 10.9. The fourth-order valence-corrected chi connectivity index (χ4v) is 5.57. The molecule has 12 heteroatoms. The number of rotatable bonds is 11. The van der Waals surface area contributed by atoms with Crippen LogP contribution < -0.4 is 9.47 Å². The Morgan fingerprint density at radius 2 is 1.53 bits per heavy atom. The summed E-state index contributed by atoms with van der Waals surface area (Å²) >= 11 is 0. The standard InChI is InChI=1S/C31H32N8O4/c1-19(40)17-42-30-26-27(31(36-35-30)43-18-20(2)41)39(29(32-26)23-8-4-3-5-9-23)16-21-12-14-22(15-13-21)24-10-6-7-11-25(24)28-33-37-38-34-28/h6-7,10-15,23H,3-5,8-9,16-18H2,1-2H3,(H,33,34,37,38). The smallest absolute Gasteiger partial charge is 0.262 e. The van der Waals surface area contributed by atoms with E-state index in [4.69, 9.17) is 14.5 Å². The Morgan fingerprint density at radius 1 is 0.860 bits per heavy atom. The summed E-state index contributed by atoms with van der Waals surface area (Å²) in [5.41, 5.74) is 5.01. The molecule has 3 aromatic heterocycles. The maximum atomic E-state index is 11.8. The minimum Gasteiger partial charge on any atom is -0.467 e. The number of aromatic nitrogens is 8. The predicted octanol–water partition coefficient (Wildman–Crippen LogP) is 4.71. The number of benzene rings is 2. The lowest BCUT2D eigenvalue weighted by Gasteiger charge is -2.22. The Kier molecular flexibility index (Phi) is 8.16. The van der Waals surface area contributed by atoms with Gasteiger partial charge in [0.2, 0.25) is 5.82 Å². The molecule has 2 aromatic carbocycles. The molecular formula is C31H32N8O4. The third-order valence-electron chi connectivity index (χ3n) is 7.55. The average molecular weight is 581 g/mol. The van der Waals surface area contributed by atoms with Crippen molar-refractivity contribution < 1.29 is 19.1 Å². The number of carbonyl (C=O) groups excluding carboxylic acids is 2. The quantitative estimate of drug-likeness (QED) is 0.233. The highest BCUT2D eigenvalue weighted by Gasteiger charge is 2.28. The van der Waals surface area contributed by atoms with Crippen molar-refractivity contribution in [3.63, 3.8) is 0 Å². The number of imidazole rings is 1. The molecule has 0 saturated heterocycles. The van der Waals surface area contributed by atoms with Gasteiger partial charge in [0.1, 0.15) is 24.6 Å². The van der Waals surface area contributed by atoms with Gasteiger partial charge in [0.15, 0.2) is 17.1 Å². The molecule has 1 aliphatic carbocycles. The maximum Gasteiger partial charge on any atom is 0.262 e. The molecule has 0 atom stereocenters. The van der Waals surface area contributed by atoms with Gasteiger partial charge in [0.25, 0.3) is 11.8 Å². The van der Waals surface area contributed by atoms with Gasteiger partial charge in [-0.3, -0.25) is 9.59 Å². The van der Waals surface area contributed by atoms with E-state index >= 15 is 0 Å². The van der Waals surface area contributed by atoms with Gasteiger partial charge >= 0.3 is 0 Å². The highest BCUT2D eigenvalue weighted by Crippen LogP contribution is 2.38. The monoisotopic (exact) mass is 580 g/mol. The van der Waals surface area contributed by atoms with Crippen LogP contribution in [0.25, 0.3) is 33.5 Å². The van der Waals surface area contributed by atoms with Gasteiger partial charge in [-0.1, -0.05) is 67.8 Å². The second kappa shape index (κ2) is 12.5. The van der Waals surface area contributed by atoms with Gasteiger partial charge in [-0.2, -0.15) is 5.21 Å². The molecule has 12 nitrogen and oxygen atoms in total. The molecule has 6 rings (SSSR count). The van der Waals surface area contributed by atoms with E-state index in [0.29, 0.717) is 23.4 Å². The van der Waals surface area contributed by atoms with Crippen molar-refractivity contribution in [2.24, 2.45) is 0 Å². The summed E-state index contributed by atoms with van der Waals surface area (Å²) in [4.78, 5) is 28.5. The number of aromatic amines is 1. The molecule has 0 aliphatic heterocycles. The van der Waals surface area contributed by atoms with Crippen LogP contribution in [-0.2, 0) is 16.1 Å². The summed E-state index contributed by atoms with van der Waals surface area (Å²) in [6.45, 7) is 3.11. The summed E-state index contributed by atoms with van der Waals surface area (Å²) in [6, 6.07) is 16.2. The summed E-state index contributed by atoms with van der Waals surface area (Å²) < 4.78 is 13.7. The van der Waals surface area contributed by atoms with Crippen LogP contribution in [0.3, 0.4) is 0 Å². The van der Waals surface area contributed by atoms with E-state index in [1.165, 1.54) is 20.3 Å². The highest BCUT2D eigenvalue weighted by atomic mass is 16.5. The van der Waals surface area contributed by atoms with Crippen molar-refractivity contribution in [2.45, 2.75) is 58.4 Å². The summed E-state index contributed by atoms with van der Waals surface area (Å²) in [6.07, 6.45) is 5.49. The SMILES string of the molecule is CC(=O)COc1nnc(OCC(C)=O)c2c1nc(C1CCCCC1)n2Cc1ccc(-c2ccccc2-c2nn[nH]n2)cc1. The molecule has 220 valence electrons. The minimum atomic E-state index is -0.143. The molecule has 3 heterocycles. The zero-order chi connectivity index (χ0) is 29.8. The molecular weight excluding hydrogens is 548 g/mol. The Labute approximate surface area is 247 Å². The normalized spacial score (nSPS) is 13.7. The number of ketones is 2. The van der Waals surface area contributed by atoms with E-state index < -0.39 is 0 Å². The van der Waals surface area contributed by atoms with Crippen molar-refractivity contribution in [2.75, 3.05) is 13.2 Å². The van der Waals surface area contributed by atoms with Crippen molar-refractivity contribution in [3.05, 3.63) is 59.9 Å². The lowest BCUT2D eigenvalue weighted by atomic mass is 9.88. The van der Waals surface area contributed by atoms with Gasteiger partial charge in [0.05, 0.1) is 0 Å². The number of fused-ring (bicyclic) bond motifs is 1. The number of hydrogen-bond acceptors (Lipinski definition) is 10. The van der Waals surface area contributed by atoms with Crippen LogP contribution in [-0.4, -0.2) is 65.2 Å². The lowest BCUT2D eigenvalue weighted by Crippen LogP contribution is -2.14. The van der Waals surface area contributed by atoms with Gasteiger partial charge in [-0.25, -0.2) is 4.98 Å². The van der Waals surface area contributed by atoms with Crippen molar-refractivity contribution in [3.8, 4) is 34.3 Å². The average Bonchev–Trinajstić information content (AvgIpc) is 3.69. The summed E-state index contributed by atoms with van der Waals surface area (Å²) in [5, 5.41) is 23.0. The molecule has 0 bridgehead atoms. The van der Waals surface area contributed by atoms with E-state index in [1.54, 1.807) is 0 Å². The van der Waals surface area contributed by atoms with Crippen LogP contribution >= 0.6 is 0 Å². The summed E-state index contributed by atoms with van der Waals surface area (Å²) in [5.74, 6) is 1.77. The third kappa shape index (κ3) is 6.13. The lowest BCUT2D eigenvalue weighted by molar-refractivity contribution is -0.119. The van der Waals surface area contributed by atoms with Crippen LogP contribution in [0.4, 0.5) is 0 Å². The number of tetrazole rings is 1. The first-order valence-electron chi connectivity index (χ1n) is 14.4. The Balaban J connectivity index is 1.42. The number of Topliss-reactive ketones (excluding diaryl/α,β-unsaturated/α-hetero) is 2. The molecule has 1 aliphatic rings. The second-order valence-electron chi connectivity index (χ2n) is 10.9. The fraction of sp³-hybridized carbons (Fsp3) is 0.355. The van der Waals surface area contributed by atoms with Gasteiger partial charge in [-0.05, 0) is 48.6 Å². The number of ether oxygens (including phenoxy) is 2. The fourth-order valence-electron chi connectivity index (χ4n) is 5.57. The molecule has 0 amide bonds. The first kappa shape index (κ1) is 28.1. The molecule has 1 fully saturated rings. The largest absolute Gasteiger partial charge is 0.467 e. The molecule has 43 heavy (non-hydrogen) atoms. The van der Waals surface area contributed by atoms with Gasteiger partial charge in [0, 0.05) is 18.0 Å². The van der Waals surface area contributed by atoms with Crippen LogP contribution in [0.15, 0.2) is 48.5 Å². The van der Waals surface area contributed by atoms with Crippen LogP contribution in [0, 0.1) is 0 Å². The van der Waals surface area contributed by atoms with Crippen molar-refractivity contribution in [1.82, 2.24) is 40.4 Å². The Hall–Kier alpha value is -5.00. The molecule has 0 spiro atoms. The molecule has 1 saturated carbocycles. The molecule has 5 aromatic rings. The zero-order valence-electron chi connectivity index (χ0n) is 24.1. The first-order valence-corrected chi connectivity index (χ1v) is 14.4. The summed E-state index contributed by atoms with van der Waals surface area (Å²) in [7, 11) is 0. The predicted molar refractivity (Wildman–Crippen MR) is 158 cm³/mol. The number of carbonyl (C=O) groups is 2. The van der Waals surface area contributed by atoms with E-state index in [-0.39, 0.29) is 42.5 Å². The van der Waals surface area contributed by atoms with Gasteiger partial charge in [-0.15, -0.1) is 20.4 Å². The van der Waals surface area contributed by atoms with Crippen LogP contribution in [0.2, 0.25) is 0 Å². The molecule has 1 N–H and O–H groups in total. The van der Waals surface area contributed by atoms with E-state index in [2.05, 4.69) is 59.7 Å². The van der Waals surface area contributed by atoms with Crippen LogP contribution in [0.1, 0.15) is 63.3 Å². The van der Waals surface area contributed by atoms with E-state index in [1.807, 2.05) is 24.3 Å². The number of hydrogen-bond donors (Lipinski definition) is 1. The first-order chi connectivity index (χ1) is 21.0. The van der Waals surface area contributed by atoms with Crippen LogP contribution in [0.5, 0.6) is 11.8 Å². The number of nitrogens with zero attached hydrogens (tertiary/aromatic N) is 7. The molecule has 0 radical (unpaired) electrons. The zero-order valence-corrected chi connectivity index (χ0v) is 24.1. The van der Waals surface area contributed by atoms with E-state index in [9.17, 15) is 9.59 Å². The number of H-pyrrole nitrogens is 1. The minimum absolute atomic E-state index is 0.137. The Bertz CT molecular complexity index is 1740. The highest BCUT2D eigenvalue weighted by molar-refractivity contribution is 5.86. The molecule has 0 unspecified atom stereocenters. The van der Waals surface area contributed by atoms with E-state index in [0.717, 1.165) is 53.8 Å². The number of nitrogens with one attached hydrogen (secondary N) is 1. The topological polar surface area (TPSA) is 151 Å². The van der Waals surface area contributed by atoms with Crippen molar-refractivity contribution in [1.29, 1.82) is 0 Å². The third-order valence-corrected chi connectivity index (χ3v) is 7.55. The van der Waals surface area contributed by atoms with Crippen molar-refractivity contribution >= 4 is 22.6 Å². The Morgan fingerprint density at radius 3 is 2.21 bits per heavy atom. The van der Waals surface area contributed by atoms with Gasteiger partial charge < -0.3 is 14.0 Å².